The van der Waals surface area contributed by atoms with E-state index in [2.05, 4.69) is 25.6 Å². The van der Waals surface area contributed by atoms with E-state index in [4.69, 9.17) is 11.6 Å². The fourth-order valence-electron chi connectivity index (χ4n) is 3.63. The third kappa shape index (κ3) is 5.42. The number of halogens is 2. The monoisotopic (exact) mass is 439 g/mol. The number of nitrogens with one attached hydrogen (secondary N) is 2. The van der Waals surface area contributed by atoms with Crippen molar-refractivity contribution in [2.75, 3.05) is 18.4 Å². The van der Waals surface area contributed by atoms with Crippen LogP contribution in [0.5, 0.6) is 0 Å². The van der Waals surface area contributed by atoms with Gasteiger partial charge in [0, 0.05) is 48.4 Å². The second kappa shape index (κ2) is 9.94. The number of Topliss-reactive ketones (excluding diaryl/α,β-unsaturated/α-hetero) is 1. The Kier molecular flexibility index (Phi) is 6.84. The van der Waals surface area contributed by atoms with Crippen LogP contribution in [0, 0.1) is 11.7 Å². The first kappa shape index (κ1) is 21.3. The van der Waals surface area contributed by atoms with E-state index in [0.29, 0.717) is 33.4 Å². The molecule has 3 heterocycles. The SMILES string of the molecule is O=C(Cc1cc(-c2cncc(NCc3ccccc3F)n2)c(Cl)cn1)[C@@H]1CCCNC1. The molecule has 31 heavy (non-hydrogen) atoms. The van der Waals surface area contributed by atoms with Crippen LogP contribution in [0.1, 0.15) is 24.1 Å². The molecule has 1 aliphatic rings. The molecule has 0 radical (unpaired) electrons. The Balaban J connectivity index is 1.49. The second-order valence-corrected chi connectivity index (χ2v) is 7.98. The van der Waals surface area contributed by atoms with E-state index >= 15 is 0 Å². The average molecular weight is 440 g/mol. The Labute approximate surface area is 185 Å². The zero-order valence-corrected chi connectivity index (χ0v) is 17.7. The lowest BCUT2D eigenvalue weighted by Crippen LogP contribution is -2.35. The fourth-order valence-corrected chi connectivity index (χ4v) is 3.83. The summed E-state index contributed by atoms with van der Waals surface area (Å²) in [4.78, 5) is 25.7. The van der Waals surface area contributed by atoms with Crippen molar-refractivity contribution in [1.29, 1.82) is 0 Å². The summed E-state index contributed by atoms with van der Waals surface area (Å²) in [6.07, 6.45) is 6.90. The number of piperidine rings is 1. The summed E-state index contributed by atoms with van der Waals surface area (Å²) in [6, 6.07) is 8.36. The molecular weight excluding hydrogens is 417 g/mol. The van der Waals surface area contributed by atoms with Crippen molar-refractivity contribution < 1.29 is 9.18 Å². The highest BCUT2D eigenvalue weighted by molar-refractivity contribution is 6.33. The Hall–Kier alpha value is -2.90. The summed E-state index contributed by atoms with van der Waals surface area (Å²) in [5, 5.41) is 6.79. The van der Waals surface area contributed by atoms with Gasteiger partial charge in [0.25, 0.3) is 0 Å². The van der Waals surface area contributed by atoms with Gasteiger partial charge in [0.05, 0.1) is 23.1 Å². The van der Waals surface area contributed by atoms with E-state index in [1.807, 2.05) is 0 Å². The van der Waals surface area contributed by atoms with Crippen molar-refractivity contribution in [3.63, 3.8) is 0 Å². The molecule has 160 valence electrons. The summed E-state index contributed by atoms with van der Waals surface area (Å²) in [5.74, 6) is 0.429. The van der Waals surface area contributed by atoms with E-state index in [-0.39, 0.29) is 30.5 Å². The standard InChI is InChI=1S/C23H23ClFN5O/c24-19-12-28-17(9-22(31)16-5-3-7-26-10-16)8-18(19)21-13-27-14-23(30-21)29-11-15-4-1-2-6-20(15)25/h1-2,4,6,8,12-14,16,26H,3,5,7,9-11H2,(H,29,30)/t16-/m1/s1. The molecule has 1 aliphatic heterocycles. The number of carbonyl (C=O) groups is 1. The van der Waals surface area contributed by atoms with Gasteiger partial charge in [0.2, 0.25) is 0 Å². The number of hydrogen-bond acceptors (Lipinski definition) is 6. The number of rotatable bonds is 7. The van der Waals surface area contributed by atoms with Crippen LogP contribution < -0.4 is 10.6 Å². The maximum atomic E-state index is 13.8. The van der Waals surface area contributed by atoms with E-state index in [1.54, 1.807) is 42.9 Å². The van der Waals surface area contributed by atoms with Crippen LogP contribution >= 0.6 is 11.6 Å². The molecule has 1 aromatic carbocycles. The third-order valence-corrected chi connectivity index (χ3v) is 5.65. The molecule has 1 atom stereocenters. The smallest absolute Gasteiger partial charge is 0.145 e. The normalized spacial score (nSPS) is 16.1. The first-order valence-electron chi connectivity index (χ1n) is 10.3. The lowest BCUT2D eigenvalue weighted by molar-refractivity contribution is -0.122. The molecular formula is C23H23ClFN5O. The van der Waals surface area contributed by atoms with Gasteiger partial charge in [-0.05, 0) is 31.5 Å². The maximum Gasteiger partial charge on any atom is 0.145 e. The van der Waals surface area contributed by atoms with Gasteiger partial charge in [-0.3, -0.25) is 14.8 Å². The van der Waals surface area contributed by atoms with Gasteiger partial charge in [-0.25, -0.2) is 9.37 Å². The molecule has 0 amide bonds. The highest BCUT2D eigenvalue weighted by atomic mass is 35.5. The number of carbonyl (C=O) groups excluding carboxylic acids is 1. The Morgan fingerprint density at radius 2 is 2.13 bits per heavy atom. The molecule has 0 unspecified atom stereocenters. The highest BCUT2D eigenvalue weighted by Crippen LogP contribution is 2.27. The molecule has 4 rings (SSSR count). The molecule has 3 aromatic rings. The van der Waals surface area contributed by atoms with Crippen LogP contribution in [0.15, 0.2) is 48.9 Å². The van der Waals surface area contributed by atoms with Gasteiger partial charge in [-0.1, -0.05) is 29.8 Å². The molecule has 1 saturated heterocycles. The zero-order chi connectivity index (χ0) is 21.6. The fraction of sp³-hybridized carbons (Fsp3) is 0.304. The molecule has 0 bridgehead atoms. The van der Waals surface area contributed by atoms with Crippen molar-refractivity contribution in [1.82, 2.24) is 20.3 Å². The molecule has 2 N–H and O–H groups in total. The van der Waals surface area contributed by atoms with Crippen LogP contribution in [-0.2, 0) is 17.8 Å². The van der Waals surface area contributed by atoms with Crippen molar-refractivity contribution >= 4 is 23.2 Å². The van der Waals surface area contributed by atoms with E-state index in [9.17, 15) is 9.18 Å². The van der Waals surface area contributed by atoms with Crippen LogP contribution in [0.25, 0.3) is 11.3 Å². The van der Waals surface area contributed by atoms with Gasteiger partial charge < -0.3 is 10.6 Å². The molecule has 0 spiro atoms. The zero-order valence-electron chi connectivity index (χ0n) is 16.9. The Bertz CT molecular complexity index is 1070. The highest BCUT2D eigenvalue weighted by Gasteiger charge is 2.22. The number of pyridine rings is 1. The lowest BCUT2D eigenvalue weighted by atomic mass is 9.92. The minimum absolute atomic E-state index is 0.0281. The van der Waals surface area contributed by atoms with Crippen LogP contribution in [0.4, 0.5) is 10.2 Å². The molecule has 1 fully saturated rings. The molecule has 6 nitrogen and oxygen atoms in total. The molecule has 8 heteroatoms. The number of nitrogens with zero attached hydrogens (tertiary/aromatic N) is 3. The minimum atomic E-state index is -0.279. The summed E-state index contributed by atoms with van der Waals surface area (Å²) in [7, 11) is 0. The second-order valence-electron chi connectivity index (χ2n) is 7.58. The van der Waals surface area contributed by atoms with Crippen LogP contribution in [0.2, 0.25) is 5.02 Å². The minimum Gasteiger partial charge on any atom is -0.365 e. The predicted octanol–water partition coefficient (Wildman–Crippen LogP) is 4.05. The number of aromatic nitrogens is 3. The van der Waals surface area contributed by atoms with Crippen molar-refractivity contribution in [3.05, 3.63) is 71.0 Å². The van der Waals surface area contributed by atoms with Gasteiger partial charge in [-0.15, -0.1) is 0 Å². The van der Waals surface area contributed by atoms with Crippen LogP contribution in [-0.4, -0.2) is 33.8 Å². The molecule has 0 saturated carbocycles. The Morgan fingerprint density at radius 1 is 1.26 bits per heavy atom. The first-order valence-corrected chi connectivity index (χ1v) is 10.7. The van der Waals surface area contributed by atoms with Gasteiger partial charge in [-0.2, -0.15) is 0 Å². The van der Waals surface area contributed by atoms with Crippen molar-refractivity contribution in [2.24, 2.45) is 5.92 Å². The number of hydrogen-bond donors (Lipinski definition) is 2. The Morgan fingerprint density at radius 3 is 2.94 bits per heavy atom. The number of benzene rings is 1. The van der Waals surface area contributed by atoms with Crippen molar-refractivity contribution in [2.45, 2.75) is 25.8 Å². The van der Waals surface area contributed by atoms with E-state index in [0.717, 1.165) is 25.9 Å². The molecule has 0 aliphatic carbocycles. The number of anilines is 1. The van der Waals surface area contributed by atoms with Gasteiger partial charge in [0.15, 0.2) is 0 Å². The lowest BCUT2D eigenvalue weighted by Gasteiger charge is -2.21. The summed E-state index contributed by atoms with van der Waals surface area (Å²) in [5.41, 5.74) is 2.40. The quantitative estimate of drug-likeness (QED) is 0.578. The van der Waals surface area contributed by atoms with Crippen LogP contribution in [0.3, 0.4) is 0 Å². The van der Waals surface area contributed by atoms with E-state index in [1.165, 1.54) is 6.07 Å². The predicted molar refractivity (Wildman–Crippen MR) is 118 cm³/mol. The summed E-state index contributed by atoms with van der Waals surface area (Å²) in [6.45, 7) is 1.97. The van der Waals surface area contributed by atoms with E-state index < -0.39 is 0 Å². The molecule has 2 aromatic heterocycles. The summed E-state index contributed by atoms with van der Waals surface area (Å²) < 4.78 is 13.8. The maximum absolute atomic E-state index is 13.8. The van der Waals surface area contributed by atoms with Crippen molar-refractivity contribution in [3.8, 4) is 11.3 Å². The van der Waals surface area contributed by atoms with Gasteiger partial charge >= 0.3 is 0 Å². The number of ketones is 1. The average Bonchev–Trinajstić information content (AvgIpc) is 2.80. The van der Waals surface area contributed by atoms with Gasteiger partial charge in [0.1, 0.15) is 17.4 Å². The largest absolute Gasteiger partial charge is 0.365 e. The topological polar surface area (TPSA) is 79.8 Å². The summed E-state index contributed by atoms with van der Waals surface area (Å²) >= 11 is 6.37. The third-order valence-electron chi connectivity index (χ3n) is 5.35. The first-order chi connectivity index (χ1) is 15.1.